The van der Waals surface area contributed by atoms with Gasteiger partial charge in [0, 0.05) is 0 Å². The minimum absolute atomic E-state index is 0.00537. The molecule has 2 amide bonds. The standard InChI is InChI=1S/C6H12IN2O2/c1-3-5(10)8-7-9-6(11)4-2/h3-4H2,1-2H3,(H,8,10)(H,9,11)/q-1. The average Bonchev–Trinajstić information content (AvgIpc) is 2.04. The van der Waals surface area contributed by atoms with Gasteiger partial charge in [-0.25, -0.2) is 0 Å². The predicted octanol–water partition coefficient (Wildman–Crippen LogP) is -3.04. The van der Waals surface area contributed by atoms with Crippen LogP contribution in [0.4, 0.5) is 0 Å². The average molecular weight is 271 g/mol. The zero-order valence-corrected chi connectivity index (χ0v) is 8.77. The summed E-state index contributed by atoms with van der Waals surface area (Å²) in [4.78, 5) is 21.3. The van der Waals surface area contributed by atoms with E-state index < -0.39 is 21.8 Å². The van der Waals surface area contributed by atoms with E-state index in [9.17, 15) is 9.59 Å². The molecule has 0 aromatic heterocycles. The molecule has 0 aliphatic carbocycles. The Balaban J connectivity index is 3.27. The van der Waals surface area contributed by atoms with Crippen LogP contribution in [0.1, 0.15) is 26.7 Å². The van der Waals surface area contributed by atoms with Gasteiger partial charge in [-0.05, 0) is 0 Å². The molecule has 0 saturated heterocycles. The van der Waals surface area contributed by atoms with Gasteiger partial charge >= 0.3 is 76.9 Å². The Kier molecular flexibility index (Phi) is 6.19. The second-order valence-corrected chi connectivity index (χ2v) is 3.46. The van der Waals surface area contributed by atoms with Crippen molar-refractivity contribution in [1.29, 1.82) is 0 Å². The molecule has 0 aliphatic rings. The van der Waals surface area contributed by atoms with Crippen LogP contribution in [0.15, 0.2) is 0 Å². The number of nitrogens with one attached hydrogen (secondary N) is 2. The van der Waals surface area contributed by atoms with E-state index in [-0.39, 0.29) is 11.8 Å². The van der Waals surface area contributed by atoms with E-state index in [1.807, 2.05) is 0 Å². The number of carbonyl (C=O) groups excluding carboxylic acids is 2. The third-order valence-corrected chi connectivity index (χ3v) is 2.69. The molecule has 0 atom stereocenters. The second-order valence-electron chi connectivity index (χ2n) is 1.84. The number of carbonyl (C=O) groups is 2. The first-order valence-electron chi connectivity index (χ1n) is 3.41. The third kappa shape index (κ3) is 6.08. The SMILES string of the molecule is CCC(=O)N[I-]NC(=O)CC. The van der Waals surface area contributed by atoms with Gasteiger partial charge in [0.05, 0.1) is 0 Å². The molecule has 0 heterocycles. The molecule has 2 N–H and O–H groups in total. The summed E-state index contributed by atoms with van der Waals surface area (Å²) in [6, 6.07) is 0. The van der Waals surface area contributed by atoms with Crippen LogP contribution in [0.2, 0.25) is 0 Å². The van der Waals surface area contributed by atoms with Crippen molar-refractivity contribution in [3.05, 3.63) is 0 Å². The Morgan fingerprint density at radius 2 is 1.45 bits per heavy atom. The van der Waals surface area contributed by atoms with Crippen LogP contribution in [0.5, 0.6) is 0 Å². The summed E-state index contributed by atoms with van der Waals surface area (Å²) >= 11 is -0.668. The predicted molar refractivity (Wildman–Crippen MR) is 36.9 cm³/mol. The summed E-state index contributed by atoms with van der Waals surface area (Å²) in [5, 5.41) is 0. The van der Waals surface area contributed by atoms with Crippen LogP contribution >= 0.6 is 0 Å². The Labute approximate surface area is 77.1 Å². The van der Waals surface area contributed by atoms with Crippen molar-refractivity contribution in [1.82, 2.24) is 7.06 Å². The first kappa shape index (κ1) is 10.7. The van der Waals surface area contributed by atoms with Crippen molar-refractivity contribution in [3.8, 4) is 0 Å². The zero-order valence-electron chi connectivity index (χ0n) is 6.61. The molecule has 0 bridgehead atoms. The van der Waals surface area contributed by atoms with Crippen LogP contribution in [0, 0.1) is 0 Å². The molecular formula is C6H12IN2O2-. The molecule has 0 saturated carbocycles. The Morgan fingerprint density at radius 1 is 1.09 bits per heavy atom. The fraction of sp³-hybridized carbons (Fsp3) is 0.667. The minimum atomic E-state index is -0.668. The summed E-state index contributed by atoms with van der Waals surface area (Å²) < 4.78 is 5.27. The molecule has 66 valence electrons. The van der Waals surface area contributed by atoms with Crippen molar-refractivity contribution >= 4 is 11.8 Å². The van der Waals surface area contributed by atoms with Crippen LogP contribution in [0.25, 0.3) is 0 Å². The van der Waals surface area contributed by atoms with Gasteiger partial charge in [-0.1, -0.05) is 0 Å². The molecule has 0 aromatic rings. The van der Waals surface area contributed by atoms with Gasteiger partial charge < -0.3 is 0 Å². The van der Waals surface area contributed by atoms with E-state index in [4.69, 9.17) is 0 Å². The molecule has 0 aromatic carbocycles. The zero-order chi connectivity index (χ0) is 8.69. The molecular weight excluding hydrogens is 259 g/mol. The summed E-state index contributed by atoms with van der Waals surface area (Å²) in [6.07, 6.45) is 0.948. The van der Waals surface area contributed by atoms with Crippen molar-refractivity contribution < 1.29 is 31.3 Å². The molecule has 0 fully saturated rings. The van der Waals surface area contributed by atoms with Crippen LogP contribution in [-0.4, -0.2) is 11.8 Å². The number of hydrogen-bond donors (Lipinski definition) is 2. The quantitative estimate of drug-likeness (QED) is 0.422. The molecule has 0 radical (unpaired) electrons. The summed E-state index contributed by atoms with van der Waals surface area (Å²) in [7, 11) is 0. The maximum absolute atomic E-state index is 10.6. The first-order chi connectivity index (χ1) is 5.20. The summed E-state index contributed by atoms with van der Waals surface area (Å²) in [5.74, 6) is -0.0107. The first-order valence-corrected chi connectivity index (χ1v) is 5.57. The van der Waals surface area contributed by atoms with E-state index >= 15 is 0 Å². The van der Waals surface area contributed by atoms with E-state index in [0.29, 0.717) is 12.8 Å². The van der Waals surface area contributed by atoms with E-state index in [2.05, 4.69) is 7.06 Å². The van der Waals surface area contributed by atoms with Crippen LogP contribution in [-0.2, 0) is 9.59 Å². The van der Waals surface area contributed by atoms with E-state index in [1.54, 1.807) is 13.8 Å². The summed E-state index contributed by atoms with van der Waals surface area (Å²) in [5.41, 5.74) is 0. The van der Waals surface area contributed by atoms with Gasteiger partial charge in [-0.3, -0.25) is 0 Å². The van der Waals surface area contributed by atoms with Crippen molar-refractivity contribution in [3.63, 3.8) is 0 Å². The molecule has 0 unspecified atom stereocenters. The Hall–Kier alpha value is -0.330. The number of hydrogen-bond acceptors (Lipinski definition) is 2. The number of amides is 2. The van der Waals surface area contributed by atoms with E-state index in [1.165, 1.54) is 0 Å². The van der Waals surface area contributed by atoms with Gasteiger partial charge in [0.25, 0.3) is 0 Å². The van der Waals surface area contributed by atoms with Gasteiger partial charge in [0.2, 0.25) is 0 Å². The third-order valence-electron chi connectivity index (χ3n) is 0.948. The van der Waals surface area contributed by atoms with E-state index in [0.717, 1.165) is 0 Å². The molecule has 4 nitrogen and oxygen atoms in total. The van der Waals surface area contributed by atoms with Gasteiger partial charge in [-0.2, -0.15) is 0 Å². The summed E-state index contributed by atoms with van der Waals surface area (Å²) in [6.45, 7) is 3.56. The second kappa shape index (κ2) is 6.38. The molecule has 0 rings (SSSR count). The molecule has 5 heteroatoms. The van der Waals surface area contributed by atoms with Crippen molar-refractivity contribution in [2.45, 2.75) is 26.7 Å². The Bertz CT molecular complexity index is 134. The van der Waals surface area contributed by atoms with Crippen LogP contribution < -0.4 is 28.8 Å². The van der Waals surface area contributed by atoms with Crippen molar-refractivity contribution in [2.24, 2.45) is 0 Å². The maximum atomic E-state index is 10.6. The van der Waals surface area contributed by atoms with Gasteiger partial charge in [-0.15, -0.1) is 0 Å². The van der Waals surface area contributed by atoms with Gasteiger partial charge in [0.1, 0.15) is 0 Å². The normalized spacial score (nSPS) is 9.27. The molecule has 11 heavy (non-hydrogen) atoms. The Morgan fingerprint density at radius 3 is 1.73 bits per heavy atom. The fourth-order valence-electron chi connectivity index (χ4n) is 0.263. The number of halogens is 1. The molecule has 0 spiro atoms. The van der Waals surface area contributed by atoms with Crippen molar-refractivity contribution in [2.75, 3.05) is 0 Å². The van der Waals surface area contributed by atoms with Gasteiger partial charge in [0.15, 0.2) is 0 Å². The van der Waals surface area contributed by atoms with Crippen LogP contribution in [0.3, 0.4) is 0 Å². The monoisotopic (exact) mass is 271 g/mol. The topological polar surface area (TPSA) is 58.2 Å². The number of rotatable bonds is 4. The molecule has 0 aliphatic heterocycles. The fourth-order valence-corrected chi connectivity index (χ4v) is 1.76.